The summed E-state index contributed by atoms with van der Waals surface area (Å²) in [6, 6.07) is 16.8. The van der Waals surface area contributed by atoms with Gasteiger partial charge in [0.25, 0.3) is 0 Å². The quantitative estimate of drug-likeness (QED) is 0.428. The third-order valence-electron chi connectivity index (χ3n) is 5.18. The Morgan fingerprint density at radius 1 is 1.15 bits per heavy atom. The van der Waals surface area contributed by atoms with Crippen molar-refractivity contribution < 1.29 is 5.11 Å². The number of nitrogens with one attached hydrogen (secondary N) is 1. The minimum Gasteiger partial charge on any atom is -0.389 e. The number of pyridine rings is 1. The van der Waals surface area contributed by atoms with Crippen LogP contribution < -0.4 is 5.32 Å². The summed E-state index contributed by atoms with van der Waals surface area (Å²) in [6.07, 6.45) is 2.55. The summed E-state index contributed by atoms with van der Waals surface area (Å²) in [6.45, 7) is 3.51. The van der Waals surface area contributed by atoms with Crippen LogP contribution in [0.15, 0.2) is 61.1 Å². The number of aliphatic hydroxyl groups excluding tert-OH is 1. The van der Waals surface area contributed by atoms with Crippen LogP contribution in [0.4, 0.5) is 11.5 Å². The van der Waals surface area contributed by atoms with Crippen molar-refractivity contribution in [2.24, 2.45) is 0 Å². The Hall–Kier alpha value is -4.62. The third kappa shape index (κ3) is 3.77. The van der Waals surface area contributed by atoms with Gasteiger partial charge in [0.1, 0.15) is 18.2 Å². The lowest BCUT2D eigenvalue weighted by Crippen LogP contribution is -2.10. The lowest BCUT2D eigenvalue weighted by molar-refractivity contribution is 0.198. The highest BCUT2D eigenvalue weighted by Crippen LogP contribution is 2.26. The number of hydrogen-bond acceptors (Lipinski definition) is 8. The summed E-state index contributed by atoms with van der Waals surface area (Å²) in [5.74, 6) is 1.71. The number of imidazole rings is 1. The van der Waals surface area contributed by atoms with E-state index in [2.05, 4.69) is 25.6 Å². The summed E-state index contributed by atoms with van der Waals surface area (Å²) >= 11 is 0. The van der Waals surface area contributed by atoms with Crippen molar-refractivity contribution in [1.29, 1.82) is 5.26 Å². The molecule has 0 aliphatic carbocycles. The number of nitrogens with zero attached hydrogens (tertiary/aromatic N) is 8. The number of fused-ring (bicyclic) bond motifs is 1. The smallest absolute Gasteiger partial charge is 0.163 e. The number of rotatable bonds is 5. The maximum absolute atomic E-state index is 10.3. The standard InChI is InChI=1S/C23H19N9O/c1-14-10-17(12-24)30-32(14)23-18(15(2)33)6-8-22(28-23)31-13-25-19-11-16(5-7-20(19)31)27-21-4-3-9-26-29-21/h3-11,13,15,33H,1-2H3,(H,27,29). The zero-order chi connectivity index (χ0) is 22.9. The number of nitriles is 1. The molecule has 0 spiro atoms. The Morgan fingerprint density at radius 2 is 2.03 bits per heavy atom. The predicted molar refractivity (Wildman–Crippen MR) is 121 cm³/mol. The van der Waals surface area contributed by atoms with Gasteiger partial charge < -0.3 is 10.4 Å². The van der Waals surface area contributed by atoms with Gasteiger partial charge in [-0.1, -0.05) is 0 Å². The van der Waals surface area contributed by atoms with Crippen LogP contribution in [0.2, 0.25) is 0 Å². The van der Waals surface area contributed by atoms with E-state index >= 15 is 0 Å². The highest BCUT2D eigenvalue weighted by Gasteiger charge is 2.17. The van der Waals surface area contributed by atoms with E-state index in [-0.39, 0.29) is 5.69 Å². The van der Waals surface area contributed by atoms with E-state index < -0.39 is 6.10 Å². The first-order valence-electron chi connectivity index (χ1n) is 10.2. The molecular weight excluding hydrogens is 418 g/mol. The molecule has 2 N–H and O–H groups in total. The van der Waals surface area contributed by atoms with E-state index in [0.29, 0.717) is 23.0 Å². The summed E-state index contributed by atoms with van der Waals surface area (Å²) in [5.41, 5.74) is 4.10. The van der Waals surface area contributed by atoms with Crippen molar-refractivity contribution in [1.82, 2.24) is 34.5 Å². The molecule has 1 atom stereocenters. The molecule has 0 saturated carbocycles. The predicted octanol–water partition coefficient (Wildman–Crippen LogP) is 3.37. The lowest BCUT2D eigenvalue weighted by atomic mass is 10.1. The molecule has 0 radical (unpaired) electrons. The fraction of sp³-hybridized carbons (Fsp3) is 0.130. The first kappa shape index (κ1) is 20.3. The van der Waals surface area contributed by atoms with Gasteiger partial charge in [0.2, 0.25) is 0 Å². The fourth-order valence-electron chi connectivity index (χ4n) is 3.61. The van der Waals surface area contributed by atoms with Gasteiger partial charge in [-0.3, -0.25) is 4.57 Å². The van der Waals surface area contributed by atoms with E-state index in [4.69, 9.17) is 4.98 Å². The molecule has 0 saturated heterocycles. The van der Waals surface area contributed by atoms with Crippen LogP contribution in [0.1, 0.15) is 30.0 Å². The molecule has 33 heavy (non-hydrogen) atoms. The van der Waals surface area contributed by atoms with Gasteiger partial charge in [-0.05, 0) is 62.4 Å². The molecule has 4 heterocycles. The minimum atomic E-state index is -0.759. The zero-order valence-electron chi connectivity index (χ0n) is 17.9. The molecular formula is C23H19N9O. The zero-order valence-corrected chi connectivity index (χ0v) is 17.9. The normalized spacial score (nSPS) is 11.9. The van der Waals surface area contributed by atoms with Gasteiger partial charge in [0, 0.05) is 23.1 Å². The van der Waals surface area contributed by atoms with E-state index in [0.717, 1.165) is 22.4 Å². The number of hydrogen-bond donors (Lipinski definition) is 2. The van der Waals surface area contributed by atoms with E-state index in [1.165, 1.54) is 0 Å². The largest absolute Gasteiger partial charge is 0.389 e. The molecule has 5 rings (SSSR count). The van der Waals surface area contributed by atoms with Crippen LogP contribution >= 0.6 is 0 Å². The number of aryl methyl sites for hydroxylation is 1. The summed E-state index contributed by atoms with van der Waals surface area (Å²) in [5, 5.41) is 34.9. The number of benzene rings is 1. The molecule has 0 amide bonds. The average Bonchev–Trinajstić information content (AvgIpc) is 3.42. The van der Waals surface area contributed by atoms with Gasteiger partial charge in [-0.25, -0.2) is 14.6 Å². The van der Waals surface area contributed by atoms with E-state index in [1.54, 1.807) is 30.2 Å². The first-order chi connectivity index (χ1) is 16.0. The van der Waals surface area contributed by atoms with Crippen LogP contribution in [0.25, 0.3) is 22.7 Å². The van der Waals surface area contributed by atoms with Crippen LogP contribution in [0.5, 0.6) is 0 Å². The van der Waals surface area contributed by atoms with Gasteiger partial charge >= 0.3 is 0 Å². The summed E-state index contributed by atoms with van der Waals surface area (Å²) in [7, 11) is 0. The Kier molecular flexibility index (Phi) is 5.01. The Balaban J connectivity index is 1.57. The maximum atomic E-state index is 10.3. The molecule has 10 nitrogen and oxygen atoms in total. The molecule has 4 aromatic heterocycles. The van der Waals surface area contributed by atoms with Crippen molar-refractivity contribution >= 4 is 22.5 Å². The van der Waals surface area contributed by atoms with Crippen molar-refractivity contribution in [2.45, 2.75) is 20.0 Å². The molecule has 0 aliphatic rings. The second-order valence-corrected chi connectivity index (χ2v) is 7.50. The van der Waals surface area contributed by atoms with Crippen molar-refractivity contribution in [3.05, 3.63) is 78.0 Å². The van der Waals surface area contributed by atoms with Crippen LogP contribution in [0.3, 0.4) is 0 Å². The van der Waals surface area contributed by atoms with Crippen molar-refractivity contribution in [2.75, 3.05) is 5.32 Å². The van der Waals surface area contributed by atoms with E-state index in [9.17, 15) is 10.4 Å². The van der Waals surface area contributed by atoms with Crippen LogP contribution in [0, 0.1) is 18.3 Å². The highest BCUT2D eigenvalue weighted by molar-refractivity contribution is 5.82. The number of aliphatic hydroxyl groups is 1. The molecule has 5 aromatic rings. The molecule has 0 aliphatic heterocycles. The molecule has 1 aromatic carbocycles. The van der Waals surface area contributed by atoms with Crippen molar-refractivity contribution in [3.63, 3.8) is 0 Å². The van der Waals surface area contributed by atoms with Gasteiger partial charge in [0.05, 0.1) is 17.1 Å². The summed E-state index contributed by atoms with van der Waals surface area (Å²) < 4.78 is 3.44. The van der Waals surface area contributed by atoms with Crippen LogP contribution in [-0.4, -0.2) is 39.6 Å². The Bertz CT molecular complexity index is 1500. The number of aromatic nitrogens is 7. The maximum Gasteiger partial charge on any atom is 0.163 e. The van der Waals surface area contributed by atoms with Crippen LogP contribution in [-0.2, 0) is 0 Å². The van der Waals surface area contributed by atoms with Gasteiger partial charge in [-0.15, -0.1) is 5.10 Å². The topological polar surface area (TPSA) is 130 Å². The SMILES string of the molecule is Cc1cc(C#N)nn1-c1nc(-n2cnc3cc(Nc4cccnn4)ccc32)ccc1C(C)O. The molecule has 10 heteroatoms. The monoisotopic (exact) mass is 437 g/mol. The van der Waals surface area contributed by atoms with Crippen molar-refractivity contribution in [3.8, 4) is 17.7 Å². The second kappa shape index (κ2) is 8.14. The first-order valence-corrected chi connectivity index (χ1v) is 10.2. The minimum absolute atomic E-state index is 0.285. The second-order valence-electron chi connectivity index (χ2n) is 7.50. The number of anilines is 2. The Morgan fingerprint density at radius 3 is 2.76 bits per heavy atom. The molecule has 1 unspecified atom stereocenters. The Labute approximate surface area is 188 Å². The van der Waals surface area contributed by atoms with Gasteiger partial charge in [-0.2, -0.15) is 15.5 Å². The summed E-state index contributed by atoms with van der Waals surface area (Å²) in [4.78, 5) is 9.30. The fourth-order valence-corrected chi connectivity index (χ4v) is 3.61. The lowest BCUT2D eigenvalue weighted by Gasteiger charge is -2.14. The highest BCUT2D eigenvalue weighted by atomic mass is 16.3. The van der Waals surface area contributed by atoms with Gasteiger partial charge in [0.15, 0.2) is 17.3 Å². The molecule has 162 valence electrons. The third-order valence-corrected chi connectivity index (χ3v) is 5.18. The average molecular weight is 437 g/mol. The molecule has 0 fully saturated rings. The molecule has 0 bridgehead atoms. The van der Waals surface area contributed by atoms with E-state index in [1.807, 2.05) is 60.0 Å².